The number of amides is 1. The van der Waals surface area contributed by atoms with Gasteiger partial charge in [0.2, 0.25) is 10.0 Å². The zero-order chi connectivity index (χ0) is 22.9. The van der Waals surface area contributed by atoms with E-state index in [1.807, 2.05) is 14.1 Å². The largest absolute Gasteiger partial charge is 0.376 e. The second-order valence-electron chi connectivity index (χ2n) is 8.17. The van der Waals surface area contributed by atoms with Crippen molar-refractivity contribution in [2.75, 3.05) is 37.4 Å². The number of piperidine rings is 1. The Morgan fingerprint density at radius 3 is 2.29 bits per heavy atom. The van der Waals surface area contributed by atoms with Crippen molar-refractivity contribution < 1.29 is 18.0 Å². The van der Waals surface area contributed by atoms with E-state index in [-0.39, 0.29) is 16.4 Å². The standard InChI is InChI=1S/C22H30N4O4S/c1-14-20(16(3)27)15(2)23-21(14)22(28)24-18-13-17(9-10-19(18)25(4)5)31(29,30)26-11-7-6-8-12-26/h9-10,13,23H,6-8,11-12H2,1-5H3,(H,24,28). The normalized spacial score (nSPS) is 15.0. The molecule has 2 aromatic rings. The van der Waals surface area contributed by atoms with Gasteiger partial charge in [0.1, 0.15) is 5.69 Å². The van der Waals surface area contributed by atoms with Crippen molar-refractivity contribution in [1.82, 2.24) is 9.29 Å². The quantitative estimate of drug-likeness (QED) is 0.663. The Morgan fingerprint density at radius 1 is 1.10 bits per heavy atom. The third kappa shape index (κ3) is 4.52. The fourth-order valence-electron chi connectivity index (χ4n) is 4.11. The van der Waals surface area contributed by atoms with Gasteiger partial charge in [-0.2, -0.15) is 4.31 Å². The van der Waals surface area contributed by atoms with E-state index in [2.05, 4.69) is 10.3 Å². The molecule has 1 saturated heterocycles. The molecule has 0 spiro atoms. The number of aryl methyl sites for hydroxylation is 1. The van der Waals surface area contributed by atoms with E-state index in [0.29, 0.717) is 41.3 Å². The lowest BCUT2D eigenvalue weighted by Crippen LogP contribution is -2.35. The van der Waals surface area contributed by atoms with E-state index in [4.69, 9.17) is 0 Å². The van der Waals surface area contributed by atoms with Crippen molar-refractivity contribution >= 4 is 33.1 Å². The third-order valence-electron chi connectivity index (χ3n) is 5.67. The number of aromatic amines is 1. The summed E-state index contributed by atoms with van der Waals surface area (Å²) in [5.41, 5.74) is 3.06. The minimum Gasteiger partial charge on any atom is -0.376 e. The smallest absolute Gasteiger partial charge is 0.272 e. The minimum atomic E-state index is -3.64. The van der Waals surface area contributed by atoms with Gasteiger partial charge in [0.05, 0.1) is 16.3 Å². The average Bonchev–Trinajstić information content (AvgIpc) is 3.02. The first-order valence-electron chi connectivity index (χ1n) is 10.4. The van der Waals surface area contributed by atoms with Gasteiger partial charge in [-0.15, -0.1) is 0 Å². The highest BCUT2D eigenvalue weighted by molar-refractivity contribution is 7.89. The SMILES string of the molecule is CC(=O)c1c(C)[nH]c(C(=O)Nc2cc(S(=O)(=O)N3CCCCC3)ccc2N(C)C)c1C. The molecule has 2 N–H and O–H groups in total. The van der Waals surface area contributed by atoms with Crippen LogP contribution < -0.4 is 10.2 Å². The number of H-pyrrole nitrogens is 1. The van der Waals surface area contributed by atoms with E-state index >= 15 is 0 Å². The lowest BCUT2D eigenvalue weighted by Gasteiger charge is -2.26. The van der Waals surface area contributed by atoms with E-state index < -0.39 is 15.9 Å². The number of nitrogens with zero attached hydrogens (tertiary/aromatic N) is 2. The van der Waals surface area contributed by atoms with E-state index in [1.54, 1.807) is 30.9 Å². The number of carbonyl (C=O) groups excluding carboxylic acids is 2. The van der Waals surface area contributed by atoms with Crippen LogP contribution in [0, 0.1) is 13.8 Å². The van der Waals surface area contributed by atoms with Crippen molar-refractivity contribution in [2.24, 2.45) is 0 Å². The van der Waals surface area contributed by atoms with Crippen LogP contribution in [0.4, 0.5) is 11.4 Å². The molecule has 1 fully saturated rings. The number of carbonyl (C=O) groups is 2. The van der Waals surface area contributed by atoms with E-state index in [0.717, 1.165) is 19.3 Å². The average molecular weight is 447 g/mol. The van der Waals surface area contributed by atoms with Crippen LogP contribution >= 0.6 is 0 Å². The summed E-state index contributed by atoms with van der Waals surface area (Å²) in [6, 6.07) is 4.78. The lowest BCUT2D eigenvalue weighted by molar-refractivity contribution is 0.101. The highest BCUT2D eigenvalue weighted by Crippen LogP contribution is 2.31. The number of Topliss-reactive ketones (excluding diaryl/α,β-unsaturated/α-hetero) is 1. The third-order valence-corrected chi connectivity index (χ3v) is 7.56. The van der Waals surface area contributed by atoms with Gasteiger partial charge >= 0.3 is 0 Å². The van der Waals surface area contributed by atoms with Crippen LogP contribution in [0.15, 0.2) is 23.1 Å². The number of aromatic nitrogens is 1. The topological polar surface area (TPSA) is 103 Å². The number of ketones is 1. The first kappa shape index (κ1) is 23.0. The highest BCUT2D eigenvalue weighted by Gasteiger charge is 2.27. The zero-order valence-electron chi connectivity index (χ0n) is 18.7. The summed E-state index contributed by atoms with van der Waals surface area (Å²) in [4.78, 5) is 29.9. The predicted molar refractivity (Wildman–Crippen MR) is 122 cm³/mol. The molecule has 1 aliphatic rings. The Balaban J connectivity index is 1.98. The van der Waals surface area contributed by atoms with Crippen LogP contribution in [-0.2, 0) is 10.0 Å². The van der Waals surface area contributed by atoms with Gasteiger partial charge in [0.15, 0.2) is 5.78 Å². The molecular weight excluding hydrogens is 416 g/mol. The Kier molecular flexibility index (Phi) is 6.56. The maximum Gasteiger partial charge on any atom is 0.272 e. The summed E-state index contributed by atoms with van der Waals surface area (Å²) < 4.78 is 27.7. The molecule has 0 aliphatic carbocycles. The molecule has 1 aliphatic heterocycles. The number of sulfonamides is 1. The van der Waals surface area contributed by atoms with Crippen LogP contribution in [0.2, 0.25) is 0 Å². The molecule has 1 amide bonds. The molecule has 168 valence electrons. The Bertz CT molecular complexity index is 1110. The molecule has 8 nitrogen and oxygen atoms in total. The Hall–Kier alpha value is -2.65. The Labute approximate surface area is 183 Å². The van der Waals surface area contributed by atoms with Gasteiger partial charge in [0, 0.05) is 38.4 Å². The van der Waals surface area contributed by atoms with E-state index in [9.17, 15) is 18.0 Å². The first-order chi connectivity index (χ1) is 14.5. The van der Waals surface area contributed by atoms with Crippen LogP contribution in [0.5, 0.6) is 0 Å². The van der Waals surface area contributed by atoms with Gasteiger partial charge < -0.3 is 15.2 Å². The van der Waals surface area contributed by atoms with E-state index in [1.165, 1.54) is 17.3 Å². The molecule has 0 bridgehead atoms. The van der Waals surface area contributed by atoms with Gasteiger partial charge in [-0.25, -0.2) is 8.42 Å². The molecule has 2 heterocycles. The predicted octanol–water partition coefficient (Wildman–Crippen LogP) is 3.33. The van der Waals surface area contributed by atoms with Crippen LogP contribution in [-0.4, -0.2) is 56.6 Å². The second-order valence-corrected chi connectivity index (χ2v) is 10.1. The highest BCUT2D eigenvalue weighted by atomic mass is 32.2. The summed E-state index contributed by atoms with van der Waals surface area (Å²) in [5, 5.41) is 2.84. The fourth-order valence-corrected chi connectivity index (χ4v) is 5.65. The maximum absolute atomic E-state index is 13.1. The molecule has 3 rings (SSSR count). The monoisotopic (exact) mass is 446 g/mol. The summed E-state index contributed by atoms with van der Waals surface area (Å²) in [6.45, 7) is 5.95. The summed E-state index contributed by atoms with van der Waals surface area (Å²) in [5.74, 6) is -0.544. The van der Waals surface area contributed by atoms with Crippen LogP contribution in [0.25, 0.3) is 0 Å². The summed E-state index contributed by atoms with van der Waals surface area (Å²) >= 11 is 0. The minimum absolute atomic E-state index is 0.117. The molecule has 0 unspecified atom stereocenters. The van der Waals surface area contributed by atoms with Crippen LogP contribution in [0.3, 0.4) is 0 Å². The first-order valence-corrected chi connectivity index (χ1v) is 11.8. The van der Waals surface area contributed by atoms with Crippen molar-refractivity contribution in [3.63, 3.8) is 0 Å². The molecule has 0 saturated carbocycles. The maximum atomic E-state index is 13.1. The molecule has 1 aromatic heterocycles. The van der Waals surface area contributed by atoms with Crippen molar-refractivity contribution in [1.29, 1.82) is 0 Å². The molecule has 31 heavy (non-hydrogen) atoms. The van der Waals surface area contributed by atoms with Crippen molar-refractivity contribution in [3.8, 4) is 0 Å². The number of hydrogen-bond donors (Lipinski definition) is 2. The van der Waals surface area contributed by atoms with Crippen molar-refractivity contribution in [2.45, 2.75) is 44.9 Å². The van der Waals surface area contributed by atoms with Gasteiger partial charge in [-0.3, -0.25) is 9.59 Å². The Morgan fingerprint density at radius 2 is 1.74 bits per heavy atom. The molecule has 9 heteroatoms. The molecule has 0 radical (unpaired) electrons. The number of anilines is 2. The lowest BCUT2D eigenvalue weighted by atomic mass is 10.1. The van der Waals surface area contributed by atoms with Gasteiger partial charge in [-0.1, -0.05) is 6.42 Å². The second kappa shape index (κ2) is 8.84. The zero-order valence-corrected chi connectivity index (χ0v) is 19.5. The number of rotatable bonds is 6. The number of hydrogen-bond acceptors (Lipinski definition) is 5. The fraction of sp³-hybridized carbons (Fsp3) is 0.455. The van der Waals surface area contributed by atoms with Crippen molar-refractivity contribution in [3.05, 3.63) is 40.7 Å². The number of benzene rings is 1. The summed E-state index contributed by atoms with van der Waals surface area (Å²) in [6.07, 6.45) is 2.73. The van der Waals surface area contributed by atoms with Crippen LogP contribution in [0.1, 0.15) is 58.3 Å². The molecule has 0 atom stereocenters. The summed E-state index contributed by atoms with van der Waals surface area (Å²) in [7, 11) is 0.00387. The van der Waals surface area contributed by atoms with Gasteiger partial charge in [-0.05, 0) is 57.4 Å². The molecule has 1 aromatic carbocycles. The number of nitrogens with one attached hydrogen (secondary N) is 2. The molecular formula is C22H30N4O4S. The van der Waals surface area contributed by atoms with Gasteiger partial charge in [0.25, 0.3) is 5.91 Å².